The number of piperidine rings is 1. The van der Waals surface area contributed by atoms with Gasteiger partial charge in [-0.2, -0.15) is 0 Å². The molecule has 1 aromatic rings. The fourth-order valence-corrected chi connectivity index (χ4v) is 2.66. The Bertz CT molecular complexity index is 601. The maximum atomic E-state index is 13.8. The Balaban J connectivity index is 2.16. The predicted octanol–water partition coefficient (Wildman–Crippen LogP) is 3.15. The van der Waals surface area contributed by atoms with Crippen LogP contribution in [-0.4, -0.2) is 28.9 Å². The topological polar surface area (TPSA) is 46.3 Å². The summed E-state index contributed by atoms with van der Waals surface area (Å²) in [6.45, 7) is 2.74. The summed E-state index contributed by atoms with van der Waals surface area (Å²) in [5, 5.41) is -0.344. The molecule has 0 radical (unpaired) electrons. The third-order valence-electron chi connectivity index (χ3n) is 3.99. The summed E-state index contributed by atoms with van der Waals surface area (Å²) >= 11 is 10.5. The van der Waals surface area contributed by atoms with Crippen molar-refractivity contribution in [2.24, 2.45) is 11.1 Å². The first-order valence-electron chi connectivity index (χ1n) is 6.48. The van der Waals surface area contributed by atoms with E-state index in [4.69, 9.17) is 29.6 Å². The van der Waals surface area contributed by atoms with E-state index in [0.717, 1.165) is 12.1 Å². The predicted molar refractivity (Wildman–Crippen MR) is 81.4 cm³/mol. The van der Waals surface area contributed by atoms with Crippen LogP contribution in [0.2, 0.25) is 5.02 Å². The summed E-state index contributed by atoms with van der Waals surface area (Å²) in [5.41, 5.74) is 5.09. The number of rotatable bonds is 2. The van der Waals surface area contributed by atoms with Gasteiger partial charge in [-0.05, 0) is 25.0 Å². The standard InChI is InChI=1S/C14H15ClF2N2OS/c1-14(13(18)21)2-4-19(5-3-14)12(20)8-6-11(17)9(15)7-10(8)16/h6-7H,2-5H2,1H3,(H2,18,21). The first-order valence-corrected chi connectivity index (χ1v) is 7.27. The Hall–Kier alpha value is -1.27. The van der Waals surface area contributed by atoms with E-state index in [1.165, 1.54) is 4.90 Å². The highest BCUT2D eigenvalue weighted by Crippen LogP contribution is 2.32. The second-order valence-corrected chi connectivity index (χ2v) is 6.31. The number of amides is 1. The number of hydrogen-bond donors (Lipinski definition) is 1. The molecule has 7 heteroatoms. The molecule has 1 heterocycles. The molecule has 0 saturated carbocycles. The van der Waals surface area contributed by atoms with Gasteiger partial charge in [0.15, 0.2) is 0 Å². The number of carbonyl (C=O) groups is 1. The van der Waals surface area contributed by atoms with Crippen molar-refractivity contribution in [2.75, 3.05) is 13.1 Å². The van der Waals surface area contributed by atoms with Crippen LogP contribution in [0.15, 0.2) is 12.1 Å². The molecule has 0 aliphatic carbocycles. The maximum Gasteiger partial charge on any atom is 0.256 e. The van der Waals surface area contributed by atoms with Crippen molar-refractivity contribution in [3.8, 4) is 0 Å². The fourth-order valence-electron chi connectivity index (χ4n) is 2.31. The lowest BCUT2D eigenvalue weighted by atomic mass is 9.80. The largest absolute Gasteiger partial charge is 0.393 e. The molecule has 3 nitrogen and oxygen atoms in total. The zero-order valence-corrected chi connectivity index (χ0v) is 13.0. The Morgan fingerprint density at radius 2 is 1.90 bits per heavy atom. The van der Waals surface area contributed by atoms with Gasteiger partial charge >= 0.3 is 0 Å². The molecule has 1 aliphatic heterocycles. The molecular weight excluding hydrogens is 318 g/mol. The number of halogens is 3. The molecule has 0 unspecified atom stereocenters. The Morgan fingerprint density at radius 3 is 2.43 bits per heavy atom. The van der Waals surface area contributed by atoms with E-state index in [2.05, 4.69) is 0 Å². The third-order valence-corrected chi connectivity index (χ3v) is 4.77. The van der Waals surface area contributed by atoms with E-state index in [1.54, 1.807) is 0 Å². The quantitative estimate of drug-likeness (QED) is 0.668. The highest BCUT2D eigenvalue weighted by Gasteiger charge is 2.35. The second kappa shape index (κ2) is 5.85. The van der Waals surface area contributed by atoms with E-state index in [-0.39, 0.29) is 16.0 Å². The van der Waals surface area contributed by atoms with Gasteiger partial charge in [0.2, 0.25) is 0 Å². The van der Waals surface area contributed by atoms with E-state index < -0.39 is 17.5 Å². The van der Waals surface area contributed by atoms with E-state index >= 15 is 0 Å². The van der Waals surface area contributed by atoms with Crippen LogP contribution in [0.5, 0.6) is 0 Å². The van der Waals surface area contributed by atoms with Crippen LogP contribution >= 0.6 is 23.8 Å². The summed E-state index contributed by atoms with van der Waals surface area (Å²) in [7, 11) is 0. The minimum atomic E-state index is -0.825. The van der Waals surface area contributed by atoms with Crippen molar-refractivity contribution in [3.63, 3.8) is 0 Å². The SMILES string of the molecule is CC1(C(N)=S)CCN(C(=O)c2cc(F)c(Cl)cc2F)CC1. The molecule has 1 aromatic carbocycles. The van der Waals surface area contributed by atoms with Crippen molar-refractivity contribution in [1.82, 2.24) is 4.90 Å². The number of carbonyl (C=O) groups excluding carboxylic acids is 1. The van der Waals surface area contributed by atoms with Gasteiger partial charge in [-0.3, -0.25) is 4.79 Å². The van der Waals surface area contributed by atoms with Crippen LogP contribution in [0.3, 0.4) is 0 Å². The van der Waals surface area contributed by atoms with Gasteiger partial charge in [0.25, 0.3) is 5.91 Å². The summed E-state index contributed by atoms with van der Waals surface area (Å²) in [5.74, 6) is -2.19. The molecular formula is C14H15ClF2N2OS. The molecule has 0 aromatic heterocycles. The van der Waals surface area contributed by atoms with Crippen molar-refractivity contribution < 1.29 is 13.6 Å². The summed E-state index contributed by atoms with van der Waals surface area (Å²) < 4.78 is 27.2. The molecule has 0 bridgehead atoms. The first-order chi connectivity index (χ1) is 9.74. The lowest BCUT2D eigenvalue weighted by Gasteiger charge is -2.38. The molecule has 1 saturated heterocycles. The van der Waals surface area contributed by atoms with Crippen LogP contribution in [-0.2, 0) is 0 Å². The van der Waals surface area contributed by atoms with Gasteiger partial charge < -0.3 is 10.6 Å². The molecule has 1 fully saturated rings. The zero-order chi connectivity index (χ0) is 15.8. The van der Waals surface area contributed by atoms with Gasteiger partial charge in [-0.1, -0.05) is 30.7 Å². The minimum Gasteiger partial charge on any atom is -0.393 e. The number of nitrogens with two attached hydrogens (primary N) is 1. The Kier molecular flexibility index (Phi) is 4.49. The number of nitrogens with zero attached hydrogens (tertiary/aromatic N) is 1. The maximum absolute atomic E-state index is 13.8. The van der Waals surface area contributed by atoms with Crippen LogP contribution in [0.25, 0.3) is 0 Å². The highest BCUT2D eigenvalue weighted by atomic mass is 35.5. The average Bonchev–Trinajstić information content (AvgIpc) is 2.43. The lowest BCUT2D eigenvalue weighted by molar-refractivity contribution is 0.0665. The zero-order valence-electron chi connectivity index (χ0n) is 11.5. The molecule has 0 atom stereocenters. The number of benzene rings is 1. The van der Waals surface area contributed by atoms with Crippen LogP contribution < -0.4 is 5.73 Å². The molecule has 2 N–H and O–H groups in total. The van der Waals surface area contributed by atoms with Crippen molar-refractivity contribution in [1.29, 1.82) is 0 Å². The number of hydrogen-bond acceptors (Lipinski definition) is 2. The van der Waals surface area contributed by atoms with E-state index in [1.807, 2.05) is 6.92 Å². The fraction of sp³-hybridized carbons (Fsp3) is 0.429. The molecule has 21 heavy (non-hydrogen) atoms. The van der Waals surface area contributed by atoms with Crippen molar-refractivity contribution in [3.05, 3.63) is 34.4 Å². The molecule has 1 aliphatic rings. The number of thiocarbonyl (C=S) groups is 1. The molecule has 114 valence electrons. The van der Waals surface area contributed by atoms with Crippen LogP contribution in [0.4, 0.5) is 8.78 Å². The minimum absolute atomic E-state index is 0.296. The van der Waals surface area contributed by atoms with E-state index in [9.17, 15) is 13.6 Å². The lowest BCUT2D eigenvalue weighted by Crippen LogP contribution is -2.46. The monoisotopic (exact) mass is 332 g/mol. The first kappa shape index (κ1) is 16.1. The smallest absolute Gasteiger partial charge is 0.256 e. The van der Waals surface area contributed by atoms with Gasteiger partial charge in [0.05, 0.1) is 15.6 Å². The highest BCUT2D eigenvalue weighted by molar-refractivity contribution is 7.80. The average molecular weight is 333 g/mol. The summed E-state index contributed by atoms with van der Waals surface area (Å²) in [6, 6.07) is 1.65. The summed E-state index contributed by atoms with van der Waals surface area (Å²) in [6.07, 6.45) is 1.21. The van der Waals surface area contributed by atoms with Crippen molar-refractivity contribution in [2.45, 2.75) is 19.8 Å². The van der Waals surface area contributed by atoms with E-state index in [0.29, 0.717) is 30.9 Å². The molecule has 0 spiro atoms. The Labute approximate surface area is 132 Å². The summed E-state index contributed by atoms with van der Waals surface area (Å²) in [4.78, 5) is 14.2. The normalized spacial score (nSPS) is 17.6. The van der Waals surface area contributed by atoms with Gasteiger partial charge in [-0.15, -0.1) is 0 Å². The number of likely N-dealkylation sites (tertiary alicyclic amines) is 1. The van der Waals surface area contributed by atoms with Crippen LogP contribution in [0, 0.1) is 17.0 Å². The Morgan fingerprint density at radius 1 is 1.33 bits per heavy atom. The molecule has 1 amide bonds. The molecule has 2 rings (SSSR count). The van der Waals surface area contributed by atoms with Crippen molar-refractivity contribution >= 4 is 34.7 Å². The van der Waals surface area contributed by atoms with Gasteiger partial charge in [-0.25, -0.2) is 8.78 Å². The van der Waals surface area contributed by atoms with Gasteiger partial charge in [0.1, 0.15) is 11.6 Å². The second-order valence-electron chi connectivity index (χ2n) is 5.46. The van der Waals surface area contributed by atoms with Crippen LogP contribution in [0.1, 0.15) is 30.1 Å². The third kappa shape index (κ3) is 3.16. The van der Waals surface area contributed by atoms with Gasteiger partial charge in [0, 0.05) is 18.5 Å².